The zero-order chi connectivity index (χ0) is 5.41. The van der Waals surface area contributed by atoms with Crippen molar-refractivity contribution in [2.75, 3.05) is 0 Å². The van der Waals surface area contributed by atoms with Gasteiger partial charge in [0.1, 0.15) is 0 Å². The second kappa shape index (κ2) is 35.5. The van der Waals surface area contributed by atoms with Crippen LogP contribution in [-0.4, -0.2) is 12.8 Å². The van der Waals surface area contributed by atoms with Gasteiger partial charge < -0.3 is 21.1 Å². The fourth-order valence-electron chi connectivity index (χ4n) is 0. The summed E-state index contributed by atoms with van der Waals surface area (Å²) < 4.78 is 0. The van der Waals surface area contributed by atoms with E-state index in [1.165, 1.54) is 0 Å². The van der Waals surface area contributed by atoms with E-state index in [-0.39, 0.29) is 48.4 Å². The standard InChI is InChI=1S/2CH3NO.La/c2*2-1-3;/h2*1H,(H2,2,3);/p-2. The van der Waals surface area contributed by atoms with Crippen LogP contribution >= 0.6 is 0 Å². The van der Waals surface area contributed by atoms with Gasteiger partial charge in [-0.1, -0.05) is 0 Å². The zero-order valence-electron chi connectivity index (χ0n) is 3.55. The van der Waals surface area contributed by atoms with Crippen molar-refractivity contribution in [1.82, 2.24) is 0 Å². The monoisotopic (exact) mass is 227 g/mol. The van der Waals surface area contributed by atoms with E-state index in [9.17, 15) is 0 Å². The molecule has 5 heteroatoms. The maximum atomic E-state index is 8.47. The second-order valence-corrected chi connectivity index (χ2v) is 0.236. The van der Waals surface area contributed by atoms with E-state index in [2.05, 4.69) is 0 Å². The fourth-order valence-corrected chi connectivity index (χ4v) is 0. The van der Waals surface area contributed by atoms with Crippen molar-refractivity contribution < 1.29 is 45.2 Å². The molecule has 0 saturated heterocycles. The molecule has 0 aliphatic rings. The molecule has 0 heterocycles. The smallest absolute Gasteiger partial charge is 0.0344 e. The van der Waals surface area contributed by atoms with E-state index in [0.717, 1.165) is 0 Å². The van der Waals surface area contributed by atoms with E-state index in [4.69, 9.17) is 21.1 Å². The number of carbonyl (C=O) groups is 2. The molecule has 0 atom stereocenters. The minimum Gasteiger partial charge on any atom is -0.671 e. The Kier molecular flexibility index (Phi) is 79.6. The number of nitrogens with one attached hydrogen (secondary N) is 2. The molecule has 0 spiro atoms. The van der Waals surface area contributed by atoms with Crippen molar-refractivity contribution in [2.24, 2.45) is 0 Å². The topological polar surface area (TPSA) is 81.7 Å². The normalized spacial score (nSPS) is 3.43. The molecule has 0 saturated carbocycles. The van der Waals surface area contributed by atoms with E-state index in [0.29, 0.717) is 0 Å². The number of hydrogen-bond donors (Lipinski definition) is 0. The predicted octanol–water partition coefficient (Wildman–Crippen LogP) is 0.390. The van der Waals surface area contributed by atoms with Gasteiger partial charge in [0.25, 0.3) is 0 Å². The van der Waals surface area contributed by atoms with Gasteiger partial charge >= 0.3 is 0 Å². The number of amides is 2. The molecule has 0 bridgehead atoms. The van der Waals surface area contributed by atoms with Crippen LogP contribution in [0.1, 0.15) is 0 Å². The van der Waals surface area contributed by atoms with Crippen LogP contribution in [0, 0.1) is 35.6 Å². The molecule has 0 aliphatic heterocycles. The molecule has 2 N–H and O–H groups in total. The van der Waals surface area contributed by atoms with Crippen LogP contribution in [0.15, 0.2) is 0 Å². The van der Waals surface area contributed by atoms with E-state index < -0.39 is 0 Å². The minimum atomic E-state index is 0. The summed E-state index contributed by atoms with van der Waals surface area (Å²) in [7, 11) is 0. The zero-order valence-corrected chi connectivity index (χ0v) is 7.17. The first kappa shape index (κ1) is 15.7. The van der Waals surface area contributed by atoms with Crippen LogP contribution in [0.3, 0.4) is 0 Å². The molecule has 0 rings (SSSR count). The number of carbonyl (C=O) groups excluding carboxylic acids is 2. The Bertz CT molecular complexity index is 34.7. The first-order valence-electron chi connectivity index (χ1n) is 1.05. The van der Waals surface area contributed by atoms with Gasteiger partial charge in [0.2, 0.25) is 0 Å². The molecular formula is C2H4LaN2O2-2. The van der Waals surface area contributed by atoms with Crippen LogP contribution in [0.25, 0.3) is 11.5 Å². The van der Waals surface area contributed by atoms with Gasteiger partial charge in [-0.15, -0.1) is 0 Å². The molecule has 0 aromatic rings. The summed E-state index contributed by atoms with van der Waals surface area (Å²) in [6.45, 7) is 0. The van der Waals surface area contributed by atoms with Gasteiger partial charge in [-0.05, 0) is 0 Å². The Morgan fingerprint density at radius 2 is 1.00 bits per heavy atom. The van der Waals surface area contributed by atoms with Crippen molar-refractivity contribution in [3.05, 3.63) is 11.5 Å². The Balaban J connectivity index is -0.0000000400. The average Bonchev–Trinajstić information content (AvgIpc) is 1.39. The van der Waals surface area contributed by atoms with Gasteiger partial charge in [-0.2, -0.15) is 0 Å². The molecule has 7 heavy (non-hydrogen) atoms. The van der Waals surface area contributed by atoms with Crippen molar-refractivity contribution in [1.29, 1.82) is 0 Å². The maximum Gasteiger partial charge on any atom is 0.0344 e. The first-order chi connectivity index (χ1) is 2.83. The Morgan fingerprint density at radius 3 is 1.00 bits per heavy atom. The Morgan fingerprint density at radius 1 is 1.00 bits per heavy atom. The second-order valence-electron chi connectivity index (χ2n) is 0.236. The van der Waals surface area contributed by atoms with E-state index >= 15 is 0 Å². The summed E-state index contributed by atoms with van der Waals surface area (Å²) in [4.78, 5) is 16.9. The molecule has 39 valence electrons. The molecule has 0 aromatic carbocycles. The van der Waals surface area contributed by atoms with E-state index in [1.807, 2.05) is 0 Å². The molecule has 1 radical (unpaired) electrons. The summed E-state index contributed by atoms with van der Waals surface area (Å²) in [5.41, 5.74) is 11.1. The molecule has 0 aliphatic carbocycles. The largest absolute Gasteiger partial charge is 0.671 e. The van der Waals surface area contributed by atoms with Crippen molar-refractivity contribution in [3.63, 3.8) is 0 Å². The third kappa shape index (κ3) is 5770. The minimum absolute atomic E-state index is 0. The van der Waals surface area contributed by atoms with E-state index in [1.54, 1.807) is 0 Å². The van der Waals surface area contributed by atoms with Crippen LogP contribution < -0.4 is 0 Å². The Hall–Kier alpha value is 0.135. The van der Waals surface area contributed by atoms with Crippen LogP contribution in [-0.2, 0) is 9.59 Å². The summed E-state index contributed by atoms with van der Waals surface area (Å²) in [6, 6.07) is 0. The van der Waals surface area contributed by atoms with Crippen LogP contribution in [0.4, 0.5) is 0 Å². The molecular weight excluding hydrogens is 223 g/mol. The third-order valence-electron chi connectivity index (χ3n) is 0. The number of hydrogen-bond acceptors (Lipinski definition) is 2. The van der Waals surface area contributed by atoms with Gasteiger partial charge in [-0.3, -0.25) is 0 Å². The maximum absolute atomic E-state index is 8.47. The molecule has 0 fully saturated rings. The van der Waals surface area contributed by atoms with Crippen molar-refractivity contribution in [2.45, 2.75) is 0 Å². The SMILES string of the molecule is [La].[NH-]C=O.[NH-]C=O. The van der Waals surface area contributed by atoms with Gasteiger partial charge in [0, 0.05) is 48.4 Å². The van der Waals surface area contributed by atoms with Crippen LogP contribution in [0.2, 0.25) is 0 Å². The molecule has 2 amide bonds. The molecule has 4 nitrogen and oxygen atoms in total. The molecule has 0 unspecified atom stereocenters. The summed E-state index contributed by atoms with van der Waals surface area (Å²) in [5.74, 6) is 0. The Labute approximate surface area is 69.2 Å². The molecule has 0 aromatic heterocycles. The summed E-state index contributed by atoms with van der Waals surface area (Å²) in [5, 5.41) is 0. The third-order valence-corrected chi connectivity index (χ3v) is 0. The average molecular weight is 227 g/mol. The van der Waals surface area contributed by atoms with Crippen LogP contribution in [0.5, 0.6) is 0 Å². The van der Waals surface area contributed by atoms with Crippen molar-refractivity contribution >= 4 is 12.8 Å². The van der Waals surface area contributed by atoms with Gasteiger partial charge in [0.05, 0.1) is 0 Å². The number of rotatable bonds is 0. The van der Waals surface area contributed by atoms with Crippen molar-refractivity contribution in [3.8, 4) is 0 Å². The van der Waals surface area contributed by atoms with Gasteiger partial charge in [-0.25, -0.2) is 0 Å². The summed E-state index contributed by atoms with van der Waals surface area (Å²) in [6.07, 6.45) is 0. The predicted molar refractivity (Wildman–Crippen MR) is 20.8 cm³/mol. The quantitative estimate of drug-likeness (QED) is 0.560. The first-order valence-corrected chi connectivity index (χ1v) is 1.05. The summed E-state index contributed by atoms with van der Waals surface area (Å²) >= 11 is 0. The van der Waals surface area contributed by atoms with Gasteiger partial charge in [0.15, 0.2) is 0 Å². The fraction of sp³-hybridized carbons (Fsp3) is 0.